The van der Waals surface area contributed by atoms with E-state index in [1.54, 1.807) is 0 Å². The van der Waals surface area contributed by atoms with Crippen molar-refractivity contribution in [1.82, 2.24) is 5.32 Å². The lowest BCUT2D eigenvalue weighted by atomic mass is 9.82. The lowest BCUT2D eigenvalue weighted by Gasteiger charge is -2.28. The highest BCUT2D eigenvalue weighted by atomic mass is 16.1. The standard InChI is InChI=1S/C20H26N2O2/c21-11-10-19(23)12-14-4-8-18(9-5-14)22-20(24)17-7-6-15-2-1-3-16(15)13-17/h1-2,6-7,13-14,18H,3-5,8-12,21H2,(H,22,24). The monoisotopic (exact) mass is 326 g/mol. The van der Waals surface area contributed by atoms with Crippen LogP contribution in [0.3, 0.4) is 0 Å². The summed E-state index contributed by atoms with van der Waals surface area (Å²) in [6.45, 7) is 0.445. The molecule has 1 fully saturated rings. The molecule has 2 aliphatic carbocycles. The van der Waals surface area contributed by atoms with E-state index < -0.39 is 0 Å². The van der Waals surface area contributed by atoms with Crippen molar-refractivity contribution in [1.29, 1.82) is 0 Å². The number of rotatable bonds is 6. The first-order chi connectivity index (χ1) is 11.7. The number of hydrogen-bond acceptors (Lipinski definition) is 3. The molecule has 1 aromatic carbocycles. The first-order valence-corrected chi connectivity index (χ1v) is 8.98. The van der Waals surface area contributed by atoms with Crippen LogP contribution < -0.4 is 11.1 Å². The van der Waals surface area contributed by atoms with Crippen molar-refractivity contribution >= 4 is 17.8 Å². The van der Waals surface area contributed by atoms with Crippen molar-refractivity contribution in [3.8, 4) is 0 Å². The Hall–Kier alpha value is -1.94. The summed E-state index contributed by atoms with van der Waals surface area (Å²) in [5, 5.41) is 3.16. The average molecular weight is 326 g/mol. The molecule has 1 aromatic rings. The van der Waals surface area contributed by atoms with Gasteiger partial charge in [-0.25, -0.2) is 0 Å². The van der Waals surface area contributed by atoms with Gasteiger partial charge in [0.25, 0.3) is 5.91 Å². The molecule has 1 saturated carbocycles. The second kappa shape index (κ2) is 7.75. The van der Waals surface area contributed by atoms with E-state index in [1.165, 1.54) is 11.1 Å². The average Bonchev–Trinajstić information content (AvgIpc) is 3.04. The van der Waals surface area contributed by atoms with E-state index in [1.807, 2.05) is 18.2 Å². The second-order valence-corrected chi connectivity index (χ2v) is 6.99. The van der Waals surface area contributed by atoms with E-state index in [2.05, 4.69) is 17.5 Å². The minimum atomic E-state index is 0.0207. The molecule has 3 rings (SSSR count). The van der Waals surface area contributed by atoms with Crippen molar-refractivity contribution < 1.29 is 9.59 Å². The molecule has 1 amide bonds. The molecule has 0 aromatic heterocycles. The smallest absolute Gasteiger partial charge is 0.251 e. The van der Waals surface area contributed by atoms with Gasteiger partial charge < -0.3 is 11.1 Å². The predicted octanol–water partition coefficient (Wildman–Crippen LogP) is 2.85. The van der Waals surface area contributed by atoms with Gasteiger partial charge in [-0.3, -0.25) is 9.59 Å². The highest BCUT2D eigenvalue weighted by molar-refractivity contribution is 5.95. The third kappa shape index (κ3) is 4.12. The molecule has 0 saturated heterocycles. The van der Waals surface area contributed by atoms with Crippen molar-refractivity contribution in [3.05, 3.63) is 41.0 Å². The van der Waals surface area contributed by atoms with Crippen molar-refractivity contribution in [3.63, 3.8) is 0 Å². The number of nitrogens with two attached hydrogens (primary N) is 1. The van der Waals surface area contributed by atoms with Crippen LogP contribution in [0.25, 0.3) is 6.08 Å². The summed E-state index contributed by atoms with van der Waals surface area (Å²) in [7, 11) is 0. The molecule has 0 heterocycles. The van der Waals surface area contributed by atoms with Gasteiger partial charge in [0.15, 0.2) is 0 Å². The van der Waals surface area contributed by atoms with Gasteiger partial charge in [0.1, 0.15) is 5.78 Å². The largest absolute Gasteiger partial charge is 0.349 e. The van der Waals surface area contributed by atoms with Crippen molar-refractivity contribution in [2.45, 2.75) is 51.0 Å². The van der Waals surface area contributed by atoms with Crippen molar-refractivity contribution in [2.75, 3.05) is 6.54 Å². The van der Waals surface area contributed by atoms with Gasteiger partial charge in [0.05, 0.1) is 0 Å². The Morgan fingerprint density at radius 3 is 2.71 bits per heavy atom. The zero-order chi connectivity index (χ0) is 16.9. The lowest BCUT2D eigenvalue weighted by molar-refractivity contribution is -0.120. The maximum absolute atomic E-state index is 12.5. The van der Waals surface area contributed by atoms with Crippen LogP contribution in [0, 0.1) is 5.92 Å². The van der Waals surface area contributed by atoms with Crippen LogP contribution in [0.15, 0.2) is 24.3 Å². The minimum Gasteiger partial charge on any atom is -0.349 e. The number of carbonyl (C=O) groups excluding carboxylic acids is 2. The lowest BCUT2D eigenvalue weighted by Crippen LogP contribution is -2.38. The number of hydrogen-bond donors (Lipinski definition) is 2. The summed E-state index contributed by atoms with van der Waals surface area (Å²) in [5.74, 6) is 0.757. The number of amides is 1. The van der Waals surface area contributed by atoms with Crippen LogP contribution in [-0.2, 0) is 11.2 Å². The molecule has 4 heteroatoms. The SMILES string of the molecule is NCCC(=O)CC1CCC(NC(=O)c2ccc3c(c2)CC=C3)CC1. The second-order valence-electron chi connectivity index (χ2n) is 6.99. The summed E-state index contributed by atoms with van der Waals surface area (Å²) >= 11 is 0. The maximum atomic E-state index is 12.5. The minimum absolute atomic E-state index is 0.0207. The molecule has 0 bridgehead atoms. The molecule has 0 spiro atoms. The summed E-state index contributed by atoms with van der Waals surface area (Å²) < 4.78 is 0. The van der Waals surface area contributed by atoms with Crippen LogP contribution in [0.1, 0.15) is 60.0 Å². The third-order valence-electron chi connectivity index (χ3n) is 5.16. The van der Waals surface area contributed by atoms with Crippen LogP contribution in [0.4, 0.5) is 0 Å². The molecular weight excluding hydrogens is 300 g/mol. The van der Waals surface area contributed by atoms with Gasteiger partial charge in [-0.15, -0.1) is 0 Å². The van der Waals surface area contributed by atoms with Gasteiger partial charge in [-0.2, -0.15) is 0 Å². The summed E-state index contributed by atoms with van der Waals surface area (Å²) in [4.78, 5) is 24.2. The fourth-order valence-electron chi connectivity index (χ4n) is 3.76. The van der Waals surface area contributed by atoms with Gasteiger partial charge in [0, 0.05) is 24.4 Å². The Morgan fingerprint density at radius 2 is 1.96 bits per heavy atom. The van der Waals surface area contributed by atoms with Crippen molar-refractivity contribution in [2.24, 2.45) is 11.7 Å². The highest BCUT2D eigenvalue weighted by Gasteiger charge is 2.24. The normalized spacial score (nSPS) is 22.2. The zero-order valence-corrected chi connectivity index (χ0v) is 14.1. The van der Waals surface area contributed by atoms with Crippen LogP contribution >= 0.6 is 0 Å². The molecule has 3 N–H and O–H groups in total. The Bertz CT molecular complexity index is 643. The third-order valence-corrected chi connectivity index (χ3v) is 5.16. The number of carbonyl (C=O) groups is 2. The topological polar surface area (TPSA) is 72.2 Å². The van der Waals surface area contributed by atoms with E-state index in [4.69, 9.17) is 5.73 Å². The van der Waals surface area contributed by atoms with E-state index in [9.17, 15) is 9.59 Å². The fourth-order valence-corrected chi connectivity index (χ4v) is 3.76. The number of benzene rings is 1. The summed E-state index contributed by atoms with van der Waals surface area (Å²) in [6.07, 6.45) is 10.2. The van der Waals surface area contributed by atoms with E-state index in [0.717, 1.165) is 37.7 Å². The fraction of sp³-hybridized carbons (Fsp3) is 0.500. The maximum Gasteiger partial charge on any atom is 0.251 e. The Morgan fingerprint density at radius 1 is 1.17 bits per heavy atom. The first kappa shape index (κ1) is 16.9. The van der Waals surface area contributed by atoms with E-state index >= 15 is 0 Å². The molecule has 24 heavy (non-hydrogen) atoms. The number of ketones is 1. The number of allylic oxidation sites excluding steroid dienone is 1. The van der Waals surface area contributed by atoms with Gasteiger partial charge >= 0.3 is 0 Å². The summed E-state index contributed by atoms with van der Waals surface area (Å²) in [6, 6.07) is 6.15. The molecule has 0 unspecified atom stereocenters. The molecular formula is C20H26N2O2. The number of Topliss-reactive ketones (excluding diaryl/α,β-unsaturated/α-hetero) is 1. The molecule has 0 atom stereocenters. The Labute approximate surface area is 143 Å². The molecule has 2 aliphatic rings. The molecule has 128 valence electrons. The van der Waals surface area contributed by atoms with Crippen LogP contribution in [-0.4, -0.2) is 24.3 Å². The number of fused-ring (bicyclic) bond motifs is 1. The summed E-state index contributed by atoms with van der Waals surface area (Å²) in [5.41, 5.74) is 8.62. The molecule has 0 radical (unpaired) electrons. The van der Waals surface area contributed by atoms with Crippen LogP contribution in [0.5, 0.6) is 0 Å². The van der Waals surface area contributed by atoms with Gasteiger partial charge in [-0.1, -0.05) is 18.2 Å². The first-order valence-electron chi connectivity index (χ1n) is 8.98. The Balaban J connectivity index is 1.47. The zero-order valence-electron chi connectivity index (χ0n) is 14.1. The quantitative estimate of drug-likeness (QED) is 0.844. The van der Waals surface area contributed by atoms with E-state index in [0.29, 0.717) is 25.3 Å². The van der Waals surface area contributed by atoms with E-state index in [-0.39, 0.29) is 17.7 Å². The molecule has 0 aliphatic heterocycles. The Kier molecular flexibility index (Phi) is 5.46. The molecule has 4 nitrogen and oxygen atoms in total. The van der Waals surface area contributed by atoms with Gasteiger partial charge in [-0.05, 0) is 67.8 Å². The van der Waals surface area contributed by atoms with Crippen LogP contribution in [0.2, 0.25) is 0 Å². The number of nitrogens with one attached hydrogen (secondary N) is 1. The van der Waals surface area contributed by atoms with Gasteiger partial charge in [0.2, 0.25) is 0 Å². The highest BCUT2D eigenvalue weighted by Crippen LogP contribution is 2.28. The predicted molar refractivity (Wildman–Crippen MR) is 95.7 cm³/mol.